The lowest BCUT2D eigenvalue weighted by atomic mass is 9.61. The number of rotatable bonds is 8. The Morgan fingerprint density at radius 1 is 1.09 bits per heavy atom. The number of hydrogen-bond donors (Lipinski definition) is 2. The van der Waals surface area contributed by atoms with Crippen LogP contribution in [0, 0.1) is 23.7 Å². The van der Waals surface area contributed by atoms with Gasteiger partial charge in [0.25, 0.3) is 0 Å². The number of methoxy groups -OCH3 is 1. The van der Waals surface area contributed by atoms with Crippen LogP contribution in [-0.2, 0) is 23.9 Å². The van der Waals surface area contributed by atoms with Gasteiger partial charge in [0.2, 0.25) is 0 Å². The Bertz CT molecular complexity index is 842. The van der Waals surface area contributed by atoms with Crippen molar-refractivity contribution in [3.05, 3.63) is 23.8 Å². The first-order valence-corrected chi connectivity index (χ1v) is 10.8. The van der Waals surface area contributed by atoms with Gasteiger partial charge >= 0.3 is 11.9 Å². The van der Waals surface area contributed by atoms with Crippen LogP contribution in [0.15, 0.2) is 18.2 Å². The van der Waals surface area contributed by atoms with E-state index in [1.165, 1.54) is 32.2 Å². The molecule has 8 nitrogen and oxygen atoms in total. The molecule has 0 saturated heterocycles. The van der Waals surface area contributed by atoms with E-state index in [2.05, 4.69) is 0 Å². The summed E-state index contributed by atoms with van der Waals surface area (Å²) in [5, 5.41) is 21.1. The van der Waals surface area contributed by atoms with E-state index >= 15 is 0 Å². The minimum atomic E-state index is -1.74. The van der Waals surface area contributed by atoms with Gasteiger partial charge in [0.1, 0.15) is 5.92 Å². The van der Waals surface area contributed by atoms with Crippen molar-refractivity contribution in [2.75, 3.05) is 20.3 Å². The van der Waals surface area contributed by atoms with E-state index in [9.17, 15) is 24.6 Å². The molecule has 0 spiro atoms. The van der Waals surface area contributed by atoms with Crippen LogP contribution >= 0.6 is 0 Å². The van der Waals surface area contributed by atoms with Crippen molar-refractivity contribution in [3.8, 4) is 11.5 Å². The fourth-order valence-corrected chi connectivity index (χ4v) is 3.99. The highest BCUT2D eigenvalue weighted by molar-refractivity contribution is 6.02. The number of Topliss-reactive ketones (excluding diaryl/α,β-unsaturated/α-hetero) is 1. The third kappa shape index (κ3) is 5.79. The molecule has 1 aromatic rings. The summed E-state index contributed by atoms with van der Waals surface area (Å²) in [6.07, 6.45) is -0.387. The SMILES string of the molecule is COc1cc([C@@H]2[C@H](C(=O)OCC(C)C)C(=O)C[C@@](C)(O)[C@@H]2C(=O)OCC(C)C)ccc1O. The Morgan fingerprint density at radius 2 is 1.66 bits per heavy atom. The highest BCUT2D eigenvalue weighted by Gasteiger charge is 2.57. The summed E-state index contributed by atoms with van der Waals surface area (Å²) in [7, 11) is 1.36. The summed E-state index contributed by atoms with van der Waals surface area (Å²) in [5.74, 6) is -5.44. The molecule has 0 bridgehead atoms. The van der Waals surface area contributed by atoms with Crippen molar-refractivity contribution < 1.29 is 38.8 Å². The van der Waals surface area contributed by atoms with Crippen LogP contribution in [0.4, 0.5) is 0 Å². The van der Waals surface area contributed by atoms with E-state index < -0.39 is 41.1 Å². The van der Waals surface area contributed by atoms with E-state index in [1.807, 2.05) is 27.7 Å². The number of ether oxygens (including phenoxy) is 3. The van der Waals surface area contributed by atoms with Gasteiger partial charge in [0.05, 0.1) is 31.8 Å². The maximum Gasteiger partial charge on any atom is 0.317 e. The second kappa shape index (κ2) is 10.3. The zero-order chi connectivity index (χ0) is 24.2. The first-order chi connectivity index (χ1) is 14.9. The van der Waals surface area contributed by atoms with E-state index in [-0.39, 0.29) is 43.0 Å². The molecule has 0 radical (unpaired) electrons. The number of phenolic OH excluding ortho intramolecular Hbond substituents is 1. The van der Waals surface area contributed by atoms with Crippen LogP contribution in [0.5, 0.6) is 11.5 Å². The number of aliphatic hydroxyl groups is 1. The molecule has 178 valence electrons. The van der Waals surface area contributed by atoms with Gasteiger partial charge in [-0.15, -0.1) is 0 Å². The van der Waals surface area contributed by atoms with Gasteiger partial charge in [0.15, 0.2) is 17.3 Å². The fourth-order valence-electron chi connectivity index (χ4n) is 3.99. The number of hydrogen-bond acceptors (Lipinski definition) is 8. The van der Waals surface area contributed by atoms with E-state index in [1.54, 1.807) is 0 Å². The lowest BCUT2D eigenvalue weighted by Crippen LogP contribution is -2.55. The van der Waals surface area contributed by atoms with Crippen molar-refractivity contribution in [2.45, 2.75) is 52.6 Å². The molecular formula is C24H34O8. The van der Waals surface area contributed by atoms with Gasteiger partial charge in [-0.3, -0.25) is 14.4 Å². The largest absolute Gasteiger partial charge is 0.504 e. The molecule has 1 aromatic carbocycles. The third-order valence-corrected chi connectivity index (χ3v) is 5.48. The normalized spacial score (nSPS) is 25.7. The summed E-state index contributed by atoms with van der Waals surface area (Å²) in [6.45, 7) is 9.14. The van der Waals surface area contributed by atoms with Gasteiger partial charge in [-0.05, 0) is 36.5 Å². The molecule has 4 atom stereocenters. The third-order valence-electron chi connectivity index (χ3n) is 5.48. The number of ketones is 1. The molecule has 2 rings (SSSR count). The van der Waals surface area contributed by atoms with Crippen molar-refractivity contribution in [3.63, 3.8) is 0 Å². The molecule has 0 aromatic heterocycles. The predicted molar refractivity (Wildman–Crippen MR) is 116 cm³/mol. The molecule has 0 aliphatic heterocycles. The number of carbonyl (C=O) groups is 3. The minimum Gasteiger partial charge on any atom is -0.504 e. The van der Waals surface area contributed by atoms with Crippen LogP contribution in [0.25, 0.3) is 0 Å². The molecule has 32 heavy (non-hydrogen) atoms. The standard InChI is InChI=1S/C24H34O8/c1-13(2)11-31-22(27)20-17(26)10-24(5,29)21(23(28)32-12-14(3)4)19(20)15-7-8-16(25)18(9-15)30-6/h7-9,13-14,19-21,25,29H,10-12H2,1-6H3/t19-,20-,21+,24-/m1/s1. The van der Waals surface area contributed by atoms with Crippen molar-refractivity contribution in [1.29, 1.82) is 0 Å². The maximum absolute atomic E-state index is 13.1. The summed E-state index contributed by atoms with van der Waals surface area (Å²) in [5.41, 5.74) is -1.36. The first kappa shape index (κ1) is 25.6. The van der Waals surface area contributed by atoms with Crippen molar-refractivity contribution in [2.24, 2.45) is 23.7 Å². The monoisotopic (exact) mass is 450 g/mol. The zero-order valence-electron chi connectivity index (χ0n) is 19.6. The number of carbonyl (C=O) groups excluding carboxylic acids is 3. The second-order valence-corrected chi connectivity index (χ2v) is 9.46. The average Bonchev–Trinajstić information content (AvgIpc) is 2.69. The first-order valence-electron chi connectivity index (χ1n) is 10.8. The van der Waals surface area contributed by atoms with Gasteiger partial charge in [-0.2, -0.15) is 0 Å². The average molecular weight is 451 g/mol. The zero-order valence-corrected chi connectivity index (χ0v) is 19.6. The Morgan fingerprint density at radius 3 is 2.19 bits per heavy atom. The molecule has 1 aliphatic carbocycles. The summed E-state index contributed by atoms with van der Waals surface area (Å²) in [4.78, 5) is 39.2. The van der Waals surface area contributed by atoms with Gasteiger partial charge in [-0.25, -0.2) is 0 Å². The lowest BCUT2D eigenvalue weighted by molar-refractivity contribution is -0.173. The predicted octanol–water partition coefficient (Wildman–Crippen LogP) is 2.84. The molecule has 0 unspecified atom stereocenters. The maximum atomic E-state index is 13.1. The topological polar surface area (TPSA) is 119 Å². The smallest absolute Gasteiger partial charge is 0.317 e. The second-order valence-electron chi connectivity index (χ2n) is 9.46. The van der Waals surface area contributed by atoms with Gasteiger partial charge in [0, 0.05) is 12.3 Å². The molecule has 0 heterocycles. The van der Waals surface area contributed by atoms with E-state index in [4.69, 9.17) is 14.2 Å². The summed E-state index contributed by atoms with van der Waals surface area (Å²) >= 11 is 0. The van der Waals surface area contributed by atoms with Crippen molar-refractivity contribution in [1.82, 2.24) is 0 Å². The molecule has 0 amide bonds. The fraction of sp³-hybridized carbons (Fsp3) is 0.625. The molecule has 2 N–H and O–H groups in total. The molecule has 1 fully saturated rings. The van der Waals surface area contributed by atoms with E-state index in [0.29, 0.717) is 5.56 Å². The summed E-state index contributed by atoms with van der Waals surface area (Å²) < 4.78 is 16.0. The number of aromatic hydroxyl groups is 1. The quantitative estimate of drug-likeness (QED) is 0.458. The molecule has 8 heteroatoms. The number of esters is 2. The van der Waals surface area contributed by atoms with Crippen LogP contribution in [0.3, 0.4) is 0 Å². The Kier molecular flexibility index (Phi) is 8.29. The van der Waals surface area contributed by atoms with Gasteiger partial charge < -0.3 is 24.4 Å². The van der Waals surface area contributed by atoms with Crippen LogP contribution < -0.4 is 4.74 Å². The van der Waals surface area contributed by atoms with Crippen LogP contribution in [0.1, 0.15) is 52.5 Å². The lowest BCUT2D eigenvalue weighted by Gasteiger charge is -2.43. The highest BCUT2D eigenvalue weighted by Crippen LogP contribution is 2.48. The van der Waals surface area contributed by atoms with Crippen LogP contribution in [0.2, 0.25) is 0 Å². The Balaban J connectivity index is 2.59. The molecule has 1 saturated carbocycles. The van der Waals surface area contributed by atoms with Crippen molar-refractivity contribution >= 4 is 17.7 Å². The van der Waals surface area contributed by atoms with Crippen LogP contribution in [-0.4, -0.2) is 53.9 Å². The molecule has 1 aliphatic rings. The Labute approximate surface area is 188 Å². The highest BCUT2D eigenvalue weighted by atomic mass is 16.5. The van der Waals surface area contributed by atoms with E-state index in [0.717, 1.165) is 0 Å². The Hall–Kier alpha value is -2.61. The summed E-state index contributed by atoms with van der Waals surface area (Å²) in [6, 6.07) is 4.32. The number of phenols is 1. The number of benzene rings is 1. The minimum absolute atomic E-state index is 0.0553. The van der Waals surface area contributed by atoms with Gasteiger partial charge in [-0.1, -0.05) is 33.8 Å². The molecular weight excluding hydrogens is 416 g/mol.